The van der Waals surface area contributed by atoms with Crippen LogP contribution in [0.3, 0.4) is 0 Å². The molecule has 2 unspecified atom stereocenters. The Bertz CT molecular complexity index is 3400. The first-order valence-electron chi connectivity index (χ1n) is 21.7. The predicted octanol–water partition coefficient (Wildman–Crippen LogP) is 15.5. The van der Waals surface area contributed by atoms with Gasteiger partial charge in [0.15, 0.2) is 0 Å². The van der Waals surface area contributed by atoms with Gasteiger partial charge in [-0.25, -0.2) is 0 Å². The lowest BCUT2D eigenvalue weighted by atomic mass is 9.79. The van der Waals surface area contributed by atoms with Crippen molar-refractivity contribution >= 4 is 86.7 Å². The summed E-state index contributed by atoms with van der Waals surface area (Å²) in [6, 6.07) is 60.0. The molecule has 11 aromatic rings. The number of hydrogen-bond acceptors (Lipinski definition) is 0. The summed E-state index contributed by atoms with van der Waals surface area (Å²) in [5.41, 5.74) is 10.00. The molecular weight excluding hydrogens is 749 g/mol. The summed E-state index contributed by atoms with van der Waals surface area (Å²) in [7, 11) is 0. The van der Waals surface area contributed by atoms with Crippen LogP contribution in [0.4, 0.5) is 0 Å². The molecule has 0 fully saturated rings. The van der Waals surface area contributed by atoms with Crippen LogP contribution in [0.15, 0.2) is 205 Å². The molecule has 0 saturated carbocycles. The van der Waals surface area contributed by atoms with Crippen LogP contribution in [0, 0.1) is 24.9 Å². The van der Waals surface area contributed by atoms with Crippen LogP contribution in [-0.4, -0.2) is 9.13 Å². The van der Waals surface area contributed by atoms with Crippen LogP contribution in [0.2, 0.25) is 0 Å². The maximum atomic E-state index is 3.73. The Morgan fingerprint density at radius 1 is 0.339 bits per heavy atom. The Morgan fingerprint density at radius 3 is 1.05 bits per heavy atom. The molecule has 62 heavy (non-hydrogen) atoms. The first-order chi connectivity index (χ1) is 30.6. The van der Waals surface area contributed by atoms with E-state index in [1.165, 1.54) is 109 Å². The van der Waals surface area contributed by atoms with Gasteiger partial charge in [-0.2, -0.15) is 0 Å². The monoisotopic (exact) mass is 788 g/mol. The molecule has 2 atom stereocenters. The molecule has 290 valence electrons. The highest BCUT2D eigenvalue weighted by atomic mass is 15.0. The summed E-state index contributed by atoms with van der Waals surface area (Å²) in [4.78, 5) is 0. The fourth-order valence-electron chi connectivity index (χ4n) is 10.9. The predicted molar refractivity (Wildman–Crippen MR) is 262 cm³/mol. The Morgan fingerprint density at radius 2 is 0.694 bits per heavy atom. The van der Waals surface area contributed by atoms with Gasteiger partial charge in [0.25, 0.3) is 0 Å². The van der Waals surface area contributed by atoms with Crippen LogP contribution < -0.4 is 0 Å². The summed E-state index contributed by atoms with van der Waals surface area (Å²) in [6.07, 6.45) is 21.0. The standard InChI is InChI=1S/C60H40N2/c1-37(39-25-31-43(32-26-39)61-53-21-7-3-15-47(53)48-16-4-8-22-54(48)61)45-35-29-41-13-12-20-52-57(41)59(45)51-19-11-14-42-30-36-46(60(52)58(42)51)38(2)40-27-33-44(34-28-40)62-55-23-9-5-17-49(55)50-18-6-10-24-56(50)62/h3-31,33,35-38H,1-2H3. The van der Waals surface area contributed by atoms with Crippen molar-refractivity contribution in [2.75, 3.05) is 0 Å². The van der Waals surface area contributed by atoms with Crippen molar-refractivity contribution in [2.24, 2.45) is 0 Å². The molecule has 2 aromatic heterocycles. The zero-order valence-electron chi connectivity index (χ0n) is 34.5. The second-order valence-electron chi connectivity index (χ2n) is 17.1. The van der Waals surface area contributed by atoms with Crippen molar-refractivity contribution in [3.8, 4) is 0 Å². The van der Waals surface area contributed by atoms with Gasteiger partial charge in [-0.3, -0.25) is 0 Å². The largest absolute Gasteiger partial charge is 0.327 e. The van der Waals surface area contributed by atoms with Crippen LogP contribution in [0.1, 0.15) is 36.8 Å². The van der Waals surface area contributed by atoms with Crippen LogP contribution >= 0.6 is 0 Å². The second kappa shape index (κ2) is 13.7. The van der Waals surface area contributed by atoms with Gasteiger partial charge < -0.3 is 9.13 Å². The SMILES string of the molecule is CC(C1=C[C][C](n2c3ccccc3c3ccccc32)C=C1)c1ccc2cccc3c4c(C(C)C5=C[C][C](n6c7ccccc7c7ccccc76)C=C5)ccc5cccc(c1c23)c54. The number of aromatic nitrogens is 2. The lowest BCUT2D eigenvalue weighted by Crippen LogP contribution is -2.11. The third-order valence-electron chi connectivity index (χ3n) is 13.9. The Labute approximate surface area is 361 Å². The minimum atomic E-state index is 0.147. The van der Waals surface area contributed by atoms with Crippen molar-refractivity contribution in [1.82, 2.24) is 9.13 Å². The highest BCUT2D eigenvalue weighted by Gasteiger charge is 2.27. The molecule has 2 aliphatic rings. The topological polar surface area (TPSA) is 9.86 Å². The quantitative estimate of drug-likeness (QED) is 0.117. The van der Waals surface area contributed by atoms with Crippen molar-refractivity contribution < 1.29 is 0 Å². The van der Waals surface area contributed by atoms with E-state index in [0.29, 0.717) is 0 Å². The molecule has 0 amide bonds. The number of allylic oxidation sites excluding steroid dienone is 8. The van der Waals surface area contributed by atoms with Gasteiger partial charge in [-0.1, -0.05) is 184 Å². The summed E-state index contributed by atoms with van der Waals surface area (Å²) < 4.78 is 4.69. The smallest absolute Gasteiger partial charge is 0.103 e. The maximum absolute atomic E-state index is 3.73. The molecule has 0 bridgehead atoms. The van der Waals surface area contributed by atoms with E-state index < -0.39 is 0 Å². The summed E-state index contributed by atoms with van der Waals surface area (Å²) >= 11 is 0. The lowest BCUT2D eigenvalue weighted by molar-refractivity contribution is 0.898. The minimum absolute atomic E-state index is 0.147. The van der Waals surface area contributed by atoms with E-state index in [1.807, 2.05) is 0 Å². The first kappa shape index (κ1) is 35.6. The molecule has 2 nitrogen and oxygen atoms in total. The molecule has 6 radical (unpaired) electrons. The zero-order chi connectivity index (χ0) is 41.1. The Balaban J connectivity index is 0.893. The maximum Gasteiger partial charge on any atom is 0.103 e. The molecule has 0 saturated heterocycles. The molecule has 9 aromatic carbocycles. The van der Waals surface area contributed by atoms with Crippen molar-refractivity contribution in [3.63, 3.8) is 0 Å². The highest BCUT2D eigenvalue weighted by molar-refractivity contribution is 6.34. The Hall–Kier alpha value is -7.16. The van der Waals surface area contributed by atoms with Gasteiger partial charge in [-0.15, -0.1) is 0 Å². The lowest BCUT2D eigenvalue weighted by Gasteiger charge is -2.26. The van der Waals surface area contributed by atoms with Crippen molar-refractivity contribution in [2.45, 2.75) is 25.7 Å². The second-order valence-corrected chi connectivity index (χ2v) is 17.1. The van der Waals surface area contributed by atoms with E-state index in [9.17, 15) is 0 Å². The van der Waals surface area contributed by atoms with Gasteiger partial charge in [-0.05, 0) is 89.6 Å². The van der Waals surface area contributed by atoms with Crippen molar-refractivity contribution in [3.05, 3.63) is 241 Å². The molecule has 0 aliphatic heterocycles. The summed E-state index contributed by atoms with van der Waals surface area (Å²) in [5.74, 6) is 0.293. The van der Waals surface area contributed by atoms with E-state index in [4.69, 9.17) is 0 Å². The molecule has 0 N–H and O–H groups in total. The highest BCUT2D eigenvalue weighted by Crippen LogP contribution is 2.48. The molecule has 0 spiro atoms. The van der Waals surface area contributed by atoms with Gasteiger partial charge in [0, 0.05) is 46.2 Å². The number of hydrogen-bond donors (Lipinski definition) is 0. The van der Waals surface area contributed by atoms with Crippen molar-refractivity contribution in [1.29, 1.82) is 0 Å². The molecular formula is C60H40N2. The zero-order valence-corrected chi connectivity index (χ0v) is 34.5. The average Bonchev–Trinajstić information content (AvgIpc) is 3.86. The fourth-order valence-corrected chi connectivity index (χ4v) is 10.9. The fraction of sp³-hybridized carbons (Fsp3) is 0.0667. The molecule has 13 rings (SSSR count). The summed E-state index contributed by atoms with van der Waals surface area (Å²) in [6.45, 7) is 4.72. The van der Waals surface area contributed by atoms with Gasteiger partial charge >= 0.3 is 0 Å². The van der Waals surface area contributed by atoms with Crippen LogP contribution in [0.25, 0.3) is 86.7 Å². The first-order valence-corrected chi connectivity index (χ1v) is 21.7. The number of benzene rings is 9. The van der Waals surface area contributed by atoms with E-state index in [2.05, 4.69) is 230 Å². The molecule has 2 aliphatic carbocycles. The number of fused-ring (bicyclic) bond motifs is 8. The number of para-hydroxylation sites is 4. The Kier molecular flexibility index (Phi) is 7.85. The third-order valence-corrected chi connectivity index (χ3v) is 13.9. The molecule has 2 heteroatoms. The van der Waals surface area contributed by atoms with Gasteiger partial charge in [0.1, 0.15) is 12.1 Å². The van der Waals surface area contributed by atoms with E-state index in [-0.39, 0.29) is 11.8 Å². The summed E-state index contributed by atoms with van der Waals surface area (Å²) in [5, 5.41) is 15.6. The van der Waals surface area contributed by atoms with Crippen LogP contribution in [-0.2, 0) is 0 Å². The normalized spacial score (nSPS) is 16.2. The number of nitrogens with zero attached hydrogens (tertiary/aromatic N) is 2. The molecule has 2 heterocycles. The van der Waals surface area contributed by atoms with E-state index in [0.717, 1.165) is 12.1 Å². The van der Waals surface area contributed by atoms with Gasteiger partial charge in [0.2, 0.25) is 0 Å². The van der Waals surface area contributed by atoms with E-state index in [1.54, 1.807) is 0 Å². The third kappa shape index (κ3) is 5.10. The van der Waals surface area contributed by atoms with Crippen LogP contribution in [0.5, 0.6) is 0 Å². The van der Waals surface area contributed by atoms with Gasteiger partial charge in [0.05, 0.1) is 22.1 Å². The number of rotatable bonds is 6. The van der Waals surface area contributed by atoms with E-state index >= 15 is 0 Å². The minimum Gasteiger partial charge on any atom is -0.327 e. The average molecular weight is 789 g/mol.